The first kappa shape index (κ1) is 9.52. The second-order valence-electron chi connectivity index (χ2n) is 3.45. The second-order valence-corrected chi connectivity index (χ2v) is 3.45. The molecule has 1 N–H and O–H groups in total. The number of carbonyl (C=O) groups is 1. The van der Waals surface area contributed by atoms with Crippen molar-refractivity contribution in [2.24, 2.45) is 5.92 Å². The van der Waals surface area contributed by atoms with Gasteiger partial charge in [0.2, 0.25) is 0 Å². The van der Waals surface area contributed by atoms with Crippen molar-refractivity contribution < 1.29 is 9.53 Å². The summed E-state index contributed by atoms with van der Waals surface area (Å²) >= 11 is 0. The first-order chi connectivity index (χ1) is 5.74. The topological polar surface area (TPSA) is 38.3 Å². The molecule has 0 saturated carbocycles. The molecule has 0 amide bonds. The van der Waals surface area contributed by atoms with Gasteiger partial charge in [-0.05, 0) is 25.8 Å². The molecule has 1 aliphatic rings. The largest absolute Gasteiger partial charge is 0.469 e. The average Bonchev–Trinajstić information content (AvgIpc) is 2.55. The number of carbonyl (C=O) groups excluding carboxylic acids is 1. The van der Waals surface area contributed by atoms with E-state index in [1.54, 1.807) is 0 Å². The third kappa shape index (κ3) is 2.48. The van der Waals surface area contributed by atoms with E-state index in [4.69, 9.17) is 0 Å². The van der Waals surface area contributed by atoms with E-state index >= 15 is 0 Å². The van der Waals surface area contributed by atoms with Gasteiger partial charge in [-0.3, -0.25) is 4.79 Å². The molecule has 3 nitrogen and oxygen atoms in total. The Bertz CT molecular complexity index is 153. The first-order valence-corrected chi connectivity index (χ1v) is 4.55. The molecule has 2 unspecified atom stereocenters. The van der Waals surface area contributed by atoms with Crippen LogP contribution >= 0.6 is 0 Å². The van der Waals surface area contributed by atoms with Crippen LogP contribution in [0.2, 0.25) is 0 Å². The van der Waals surface area contributed by atoms with Gasteiger partial charge in [0.25, 0.3) is 0 Å². The standard InChI is InChI=1S/C9H17NO2/c1-7(9(11)12-2)6-8-4-3-5-10-8/h7-8,10H,3-6H2,1-2H3. The highest BCUT2D eigenvalue weighted by atomic mass is 16.5. The van der Waals surface area contributed by atoms with Crippen LogP contribution in [-0.4, -0.2) is 25.7 Å². The molecule has 0 aliphatic carbocycles. The van der Waals surface area contributed by atoms with E-state index < -0.39 is 0 Å². The fourth-order valence-electron chi connectivity index (χ4n) is 1.68. The lowest BCUT2D eigenvalue weighted by Crippen LogP contribution is -2.26. The highest BCUT2D eigenvalue weighted by molar-refractivity contribution is 5.71. The van der Waals surface area contributed by atoms with Crippen molar-refractivity contribution in [3.8, 4) is 0 Å². The van der Waals surface area contributed by atoms with Crippen molar-refractivity contribution in [3.63, 3.8) is 0 Å². The minimum atomic E-state index is -0.0938. The lowest BCUT2D eigenvalue weighted by Gasteiger charge is -2.14. The third-order valence-corrected chi connectivity index (χ3v) is 2.40. The summed E-state index contributed by atoms with van der Waals surface area (Å²) in [5.74, 6) is -0.0608. The van der Waals surface area contributed by atoms with Gasteiger partial charge in [-0.2, -0.15) is 0 Å². The van der Waals surface area contributed by atoms with Gasteiger partial charge < -0.3 is 10.1 Å². The zero-order valence-corrected chi connectivity index (χ0v) is 7.80. The van der Waals surface area contributed by atoms with E-state index in [1.807, 2.05) is 6.92 Å². The fourth-order valence-corrected chi connectivity index (χ4v) is 1.68. The molecule has 0 bridgehead atoms. The molecule has 70 valence electrons. The van der Waals surface area contributed by atoms with Crippen LogP contribution in [0.1, 0.15) is 26.2 Å². The minimum absolute atomic E-state index is 0.0330. The van der Waals surface area contributed by atoms with Crippen molar-refractivity contribution in [1.29, 1.82) is 0 Å². The molecule has 1 heterocycles. The minimum Gasteiger partial charge on any atom is -0.469 e. The zero-order chi connectivity index (χ0) is 8.97. The van der Waals surface area contributed by atoms with Crippen molar-refractivity contribution in [2.75, 3.05) is 13.7 Å². The predicted molar refractivity (Wildman–Crippen MR) is 46.8 cm³/mol. The summed E-state index contributed by atoms with van der Waals surface area (Å²) in [6.45, 7) is 3.02. The molecule has 1 rings (SSSR count). The van der Waals surface area contributed by atoms with Gasteiger partial charge in [-0.15, -0.1) is 0 Å². The van der Waals surface area contributed by atoms with Gasteiger partial charge in [0.1, 0.15) is 0 Å². The Morgan fingerprint density at radius 2 is 2.50 bits per heavy atom. The average molecular weight is 171 g/mol. The maximum atomic E-state index is 11.0. The number of ether oxygens (including phenoxy) is 1. The molecule has 3 heteroatoms. The molecule has 1 saturated heterocycles. The van der Waals surface area contributed by atoms with Crippen LogP contribution in [0.25, 0.3) is 0 Å². The molecule has 0 aromatic heterocycles. The maximum absolute atomic E-state index is 11.0. The predicted octanol–water partition coefficient (Wildman–Crippen LogP) is 0.938. The van der Waals surface area contributed by atoms with E-state index in [2.05, 4.69) is 10.1 Å². The van der Waals surface area contributed by atoms with Crippen LogP contribution in [0.15, 0.2) is 0 Å². The highest BCUT2D eigenvalue weighted by Gasteiger charge is 2.21. The molecule has 1 aliphatic heterocycles. The van der Waals surface area contributed by atoms with Crippen LogP contribution in [0, 0.1) is 5.92 Å². The molecule has 0 radical (unpaired) electrons. The quantitative estimate of drug-likeness (QED) is 0.642. The Balaban J connectivity index is 2.24. The van der Waals surface area contributed by atoms with Gasteiger partial charge in [-0.1, -0.05) is 6.92 Å². The van der Waals surface area contributed by atoms with E-state index in [-0.39, 0.29) is 11.9 Å². The highest BCUT2D eigenvalue weighted by Crippen LogP contribution is 2.15. The molecular formula is C9H17NO2. The number of methoxy groups -OCH3 is 1. The van der Waals surface area contributed by atoms with E-state index in [0.717, 1.165) is 13.0 Å². The summed E-state index contributed by atoms with van der Waals surface area (Å²) in [6, 6.07) is 0.527. The summed E-state index contributed by atoms with van der Waals surface area (Å²) < 4.78 is 4.66. The Hall–Kier alpha value is -0.570. The number of rotatable bonds is 3. The summed E-state index contributed by atoms with van der Waals surface area (Å²) in [4.78, 5) is 11.0. The molecule has 1 fully saturated rings. The number of esters is 1. The van der Waals surface area contributed by atoms with Gasteiger partial charge in [0, 0.05) is 6.04 Å². The second kappa shape index (κ2) is 4.45. The summed E-state index contributed by atoms with van der Waals surface area (Å²) in [5, 5.41) is 3.36. The van der Waals surface area contributed by atoms with Gasteiger partial charge in [0.05, 0.1) is 13.0 Å². The van der Waals surface area contributed by atoms with E-state index in [1.165, 1.54) is 20.0 Å². The normalized spacial score (nSPS) is 25.3. The summed E-state index contributed by atoms with van der Waals surface area (Å²) in [7, 11) is 1.45. The van der Waals surface area contributed by atoms with Gasteiger partial charge >= 0.3 is 5.97 Å². The Labute approximate surface area is 73.5 Å². The van der Waals surface area contributed by atoms with Crippen molar-refractivity contribution in [1.82, 2.24) is 5.32 Å². The molecule has 2 atom stereocenters. The zero-order valence-electron chi connectivity index (χ0n) is 7.80. The number of nitrogens with one attached hydrogen (secondary N) is 1. The fraction of sp³-hybridized carbons (Fsp3) is 0.889. The Kier molecular flexibility index (Phi) is 3.53. The van der Waals surface area contributed by atoms with Gasteiger partial charge in [-0.25, -0.2) is 0 Å². The SMILES string of the molecule is COC(=O)C(C)CC1CCCN1. The van der Waals surface area contributed by atoms with Crippen LogP contribution < -0.4 is 5.32 Å². The summed E-state index contributed by atoms with van der Waals surface area (Å²) in [5.41, 5.74) is 0. The van der Waals surface area contributed by atoms with Crippen molar-refractivity contribution in [2.45, 2.75) is 32.2 Å². The molecule has 0 aromatic carbocycles. The van der Waals surface area contributed by atoms with Gasteiger partial charge in [0.15, 0.2) is 0 Å². The van der Waals surface area contributed by atoms with Crippen LogP contribution in [-0.2, 0) is 9.53 Å². The molecule has 0 spiro atoms. The van der Waals surface area contributed by atoms with E-state index in [9.17, 15) is 4.79 Å². The molecule has 12 heavy (non-hydrogen) atoms. The number of hydrogen-bond donors (Lipinski definition) is 1. The maximum Gasteiger partial charge on any atom is 0.308 e. The van der Waals surface area contributed by atoms with Crippen LogP contribution in [0.4, 0.5) is 0 Å². The smallest absolute Gasteiger partial charge is 0.308 e. The molecule has 0 aromatic rings. The lowest BCUT2D eigenvalue weighted by atomic mass is 10.0. The Morgan fingerprint density at radius 3 is 3.00 bits per heavy atom. The van der Waals surface area contributed by atoms with Crippen molar-refractivity contribution >= 4 is 5.97 Å². The number of hydrogen-bond acceptors (Lipinski definition) is 3. The van der Waals surface area contributed by atoms with Crippen LogP contribution in [0.3, 0.4) is 0 Å². The van der Waals surface area contributed by atoms with E-state index in [0.29, 0.717) is 6.04 Å². The van der Waals surface area contributed by atoms with Crippen molar-refractivity contribution in [3.05, 3.63) is 0 Å². The summed E-state index contributed by atoms with van der Waals surface area (Å²) in [6.07, 6.45) is 3.34. The third-order valence-electron chi connectivity index (χ3n) is 2.40. The monoisotopic (exact) mass is 171 g/mol. The lowest BCUT2D eigenvalue weighted by molar-refractivity contribution is -0.145. The van der Waals surface area contributed by atoms with Crippen LogP contribution in [0.5, 0.6) is 0 Å². The first-order valence-electron chi connectivity index (χ1n) is 4.55. The molecular weight excluding hydrogens is 154 g/mol. The Morgan fingerprint density at radius 1 is 1.75 bits per heavy atom.